The highest BCUT2D eigenvalue weighted by Gasteiger charge is 2.23. The Balaban J connectivity index is 1.63. The van der Waals surface area contributed by atoms with Crippen molar-refractivity contribution < 1.29 is 9.47 Å². The molecule has 4 heteroatoms. The van der Waals surface area contributed by atoms with Crippen LogP contribution in [0.3, 0.4) is 0 Å². The fourth-order valence-electron chi connectivity index (χ4n) is 2.78. The van der Waals surface area contributed by atoms with Gasteiger partial charge in [0.15, 0.2) is 11.5 Å². The van der Waals surface area contributed by atoms with Crippen molar-refractivity contribution in [2.45, 2.75) is 19.3 Å². The fraction of sp³-hybridized carbons (Fsp3) is 0.647. The van der Waals surface area contributed by atoms with Gasteiger partial charge in [0.2, 0.25) is 0 Å². The zero-order valence-corrected chi connectivity index (χ0v) is 12.9. The fourth-order valence-corrected chi connectivity index (χ4v) is 2.78. The van der Waals surface area contributed by atoms with E-state index in [1.165, 1.54) is 18.4 Å². The van der Waals surface area contributed by atoms with Gasteiger partial charge in [-0.1, -0.05) is 12.1 Å². The molecule has 2 aliphatic rings. The number of nitrogens with zero attached hydrogens (tertiary/aromatic N) is 1. The maximum Gasteiger partial charge on any atom is 0.164 e. The Labute approximate surface area is 127 Å². The van der Waals surface area contributed by atoms with E-state index >= 15 is 0 Å². The van der Waals surface area contributed by atoms with E-state index < -0.39 is 0 Å². The van der Waals surface area contributed by atoms with E-state index in [4.69, 9.17) is 9.47 Å². The van der Waals surface area contributed by atoms with Gasteiger partial charge in [0.25, 0.3) is 0 Å². The molecule has 1 saturated heterocycles. The lowest BCUT2D eigenvalue weighted by atomic mass is 10.1. The van der Waals surface area contributed by atoms with Gasteiger partial charge in [-0.25, -0.2) is 0 Å². The third-order valence-electron chi connectivity index (χ3n) is 4.35. The molecule has 1 N–H and O–H groups in total. The van der Waals surface area contributed by atoms with Crippen molar-refractivity contribution in [3.8, 4) is 11.5 Å². The van der Waals surface area contributed by atoms with Crippen LogP contribution in [0.4, 0.5) is 0 Å². The summed E-state index contributed by atoms with van der Waals surface area (Å²) in [6.45, 7) is 6.41. The lowest BCUT2D eigenvalue weighted by molar-refractivity contribution is 0.240. The first-order valence-corrected chi connectivity index (χ1v) is 8.08. The van der Waals surface area contributed by atoms with Crippen molar-refractivity contribution >= 4 is 0 Å². The summed E-state index contributed by atoms with van der Waals surface area (Å²) in [7, 11) is 1.72. The lowest BCUT2D eigenvalue weighted by Crippen LogP contribution is -2.44. The standard InChI is InChI=1S/C17H26N2O2/c1-20-16-4-2-3-15(17(16)21-13-14-5-6-14)7-10-19-11-8-18-9-12-19/h2-4,14,18H,5-13H2,1H3. The molecule has 4 nitrogen and oxygen atoms in total. The average Bonchev–Trinajstić information content (AvgIpc) is 3.36. The number of nitrogens with one attached hydrogen (secondary N) is 1. The molecule has 0 unspecified atom stereocenters. The minimum Gasteiger partial charge on any atom is -0.493 e. The van der Waals surface area contributed by atoms with Crippen LogP contribution in [0.15, 0.2) is 18.2 Å². The summed E-state index contributed by atoms with van der Waals surface area (Å²) >= 11 is 0. The van der Waals surface area contributed by atoms with Gasteiger partial charge in [0.05, 0.1) is 13.7 Å². The number of hydrogen-bond acceptors (Lipinski definition) is 4. The van der Waals surface area contributed by atoms with Crippen LogP contribution in [0, 0.1) is 5.92 Å². The summed E-state index contributed by atoms with van der Waals surface area (Å²) in [5.41, 5.74) is 1.27. The molecule has 0 atom stereocenters. The number of ether oxygens (including phenoxy) is 2. The molecule has 1 saturated carbocycles. The molecular formula is C17H26N2O2. The molecule has 0 amide bonds. The van der Waals surface area contributed by atoms with Crippen LogP contribution in [-0.4, -0.2) is 51.3 Å². The summed E-state index contributed by atoms with van der Waals surface area (Å²) in [6, 6.07) is 6.24. The Kier molecular flexibility index (Phi) is 4.99. The van der Waals surface area contributed by atoms with Gasteiger partial charge in [0.1, 0.15) is 0 Å². The lowest BCUT2D eigenvalue weighted by Gasteiger charge is -2.27. The SMILES string of the molecule is COc1cccc(CCN2CCNCC2)c1OCC1CC1. The Hall–Kier alpha value is -1.26. The average molecular weight is 290 g/mol. The first-order chi connectivity index (χ1) is 10.4. The zero-order valence-electron chi connectivity index (χ0n) is 12.9. The predicted molar refractivity (Wildman–Crippen MR) is 84.2 cm³/mol. The van der Waals surface area contributed by atoms with Crippen molar-refractivity contribution in [2.24, 2.45) is 5.92 Å². The molecule has 0 bridgehead atoms. The molecule has 1 aliphatic carbocycles. The van der Waals surface area contributed by atoms with E-state index in [1.807, 2.05) is 6.07 Å². The molecule has 2 fully saturated rings. The number of hydrogen-bond donors (Lipinski definition) is 1. The molecule has 1 aromatic carbocycles. The van der Waals surface area contributed by atoms with Crippen molar-refractivity contribution in [1.29, 1.82) is 0 Å². The van der Waals surface area contributed by atoms with Crippen LogP contribution in [-0.2, 0) is 6.42 Å². The second-order valence-electron chi connectivity index (χ2n) is 6.04. The van der Waals surface area contributed by atoms with Crippen molar-refractivity contribution in [3.05, 3.63) is 23.8 Å². The minimum atomic E-state index is 0.760. The Morgan fingerprint density at radius 1 is 1.24 bits per heavy atom. The second kappa shape index (κ2) is 7.14. The molecule has 0 radical (unpaired) electrons. The van der Waals surface area contributed by atoms with E-state index in [1.54, 1.807) is 7.11 Å². The van der Waals surface area contributed by atoms with E-state index in [9.17, 15) is 0 Å². The minimum absolute atomic E-state index is 0.760. The van der Waals surface area contributed by atoms with Gasteiger partial charge in [-0.15, -0.1) is 0 Å². The number of rotatable bonds is 7. The molecule has 0 spiro atoms. The third-order valence-corrected chi connectivity index (χ3v) is 4.35. The van der Waals surface area contributed by atoms with Crippen LogP contribution in [0.5, 0.6) is 11.5 Å². The normalized spacial score (nSPS) is 19.5. The van der Waals surface area contributed by atoms with Crippen molar-refractivity contribution in [2.75, 3.05) is 46.4 Å². The molecule has 0 aromatic heterocycles. The molecule has 1 heterocycles. The zero-order chi connectivity index (χ0) is 14.5. The third kappa shape index (κ3) is 4.11. The quantitative estimate of drug-likeness (QED) is 0.832. The largest absolute Gasteiger partial charge is 0.493 e. The van der Waals surface area contributed by atoms with Gasteiger partial charge in [-0.3, -0.25) is 0 Å². The van der Waals surface area contributed by atoms with Crippen molar-refractivity contribution in [1.82, 2.24) is 10.2 Å². The second-order valence-corrected chi connectivity index (χ2v) is 6.04. The van der Waals surface area contributed by atoms with Gasteiger partial charge in [0, 0.05) is 32.7 Å². The van der Waals surface area contributed by atoms with E-state index in [-0.39, 0.29) is 0 Å². The van der Waals surface area contributed by atoms with Gasteiger partial charge in [-0.2, -0.15) is 0 Å². The highest BCUT2D eigenvalue weighted by atomic mass is 16.5. The molecular weight excluding hydrogens is 264 g/mol. The Morgan fingerprint density at radius 3 is 2.76 bits per heavy atom. The van der Waals surface area contributed by atoms with E-state index in [0.29, 0.717) is 0 Å². The van der Waals surface area contributed by atoms with Crippen LogP contribution < -0.4 is 14.8 Å². The van der Waals surface area contributed by atoms with Gasteiger partial charge >= 0.3 is 0 Å². The number of para-hydroxylation sites is 1. The smallest absolute Gasteiger partial charge is 0.164 e. The number of methoxy groups -OCH3 is 1. The molecule has 116 valence electrons. The summed E-state index contributed by atoms with van der Waals surface area (Å²) in [5, 5.41) is 3.40. The first kappa shape index (κ1) is 14.7. The Bertz CT molecular complexity index is 454. The van der Waals surface area contributed by atoms with Crippen LogP contribution in [0.25, 0.3) is 0 Å². The van der Waals surface area contributed by atoms with Gasteiger partial charge < -0.3 is 19.7 Å². The first-order valence-electron chi connectivity index (χ1n) is 8.08. The number of piperazine rings is 1. The summed E-state index contributed by atoms with van der Waals surface area (Å²) in [6.07, 6.45) is 3.65. The van der Waals surface area contributed by atoms with Crippen molar-refractivity contribution in [3.63, 3.8) is 0 Å². The highest BCUT2D eigenvalue weighted by molar-refractivity contribution is 5.46. The summed E-state index contributed by atoms with van der Waals surface area (Å²) in [5.74, 6) is 2.59. The predicted octanol–water partition coefficient (Wildman–Crippen LogP) is 1.93. The highest BCUT2D eigenvalue weighted by Crippen LogP contribution is 2.35. The van der Waals surface area contributed by atoms with E-state index in [2.05, 4.69) is 22.3 Å². The monoisotopic (exact) mass is 290 g/mol. The molecule has 21 heavy (non-hydrogen) atoms. The van der Waals surface area contributed by atoms with Gasteiger partial charge in [-0.05, 0) is 36.8 Å². The van der Waals surface area contributed by atoms with E-state index in [0.717, 1.165) is 63.2 Å². The maximum absolute atomic E-state index is 6.07. The maximum atomic E-state index is 6.07. The van der Waals surface area contributed by atoms with Crippen LogP contribution in [0.1, 0.15) is 18.4 Å². The molecule has 1 aromatic rings. The molecule has 3 rings (SSSR count). The topological polar surface area (TPSA) is 33.7 Å². The summed E-state index contributed by atoms with van der Waals surface area (Å²) < 4.78 is 11.5. The molecule has 1 aliphatic heterocycles. The Morgan fingerprint density at radius 2 is 2.05 bits per heavy atom. The summed E-state index contributed by atoms with van der Waals surface area (Å²) in [4.78, 5) is 2.51. The van der Waals surface area contributed by atoms with Crippen LogP contribution >= 0.6 is 0 Å². The number of benzene rings is 1. The van der Waals surface area contributed by atoms with Crippen LogP contribution in [0.2, 0.25) is 0 Å².